The Balaban J connectivity index is 1.63. The standard InChI is InChI=1S/C32H38ClF3N4O2/c1-32(2,3)29(40(31(41)28-8-5-11-42-28)18-21-13-24(15-34)37-16-21)30-38-27(25-14-22(33)9-10-26(25)36)19-39(30)17-20-6-4-7-23(35)12-20/h4,6-7,9-10,12,14,19,21,24,28-29,37H,5,8,11,13,15-18H2,1-3H3/t21-,24-,28-,29-/m0/s1. The average molecular weight is 603 g/mol. The number of ether oxygens (including phenoxy) is 1. The number of halogens is 4. The first-order chi connectivity index (χ1) is 20.0. The summed E-state index contributed by atoms with van der Waals surface area (Å²) in [7, 11) is 0. The summed E-state index contributed by atoms with van der Waals surface area (Å²) in [6.45, 7) is 7.39. The third kappa shape index (κ3) is 6.84. The number of carbonyl (C=O) groups excluding carboxylic acids is 1. The van der Waals surface area contributed by atoms with Crippen LogP contribution >= 0.6 is 11.6 Å². The fraction of sp³-hybridized carbons (Fsp3) is 0.500. The summed E-state index contributed by atoms with van der Waals surface area (Å²) in [5.74, 6) is -0.394. The van der Waals surface area contributed by atoms with Crippen LogP contribution in [0.5, 0.6) is 0 Å². The van der Waals surface area contributed by atoms with Crippen molar-refractivity contribution in [2.45, 2.75) is 64.8 Å². The minimum atomic E-state index is -0.572. The predicted molar refractivity (Wildman–Crippen MR) is 157 cm³/mol. The summed E-state index contributed by atoms with van der Waals surface area (Å²) in [6.07, 6.45) is 3.19. The molecule has 0 aliphatic carbocycles. The van der Waals surface area contributed by atoms with Crippen molar-refractivity contribution in [3.8, 4) is 11.3 Å². The monoisotopic (exact) mass is 602 g/mol. The Labute approximate surface area is 250 Å². The molecule has 2 aromatic carbocycles. The van der Waals surface area contributed by atoms with Gasteiger partial charge in [-0.25, -0.2) is 18.2 Å². The van der Waals surface area contributed by atoms with E-state index < -0.39 is 30.1 Å². The number of rotatable bonds is 9. The molecule has 0 bridgehead atoms. The molecule has 0 saturated carbocycles. The van der Waals surface area contributed by atoms with Crippen LogP contribution in [0.25, 0.3) is 11.3 Å². The van der Waals surface area contributed by atoms with Gasteiger partial charge in [-0.1, -0.05) is 44.5 Å². The third-order valence-electron chi connectivity index (χ3n) is 8.07. The lowest BCUT2D eigenvalue weighted by Gasteiger charge is -2.42. The number of nitrogens with zero attached hydrogens (tertiary/aromatic N) is 3. The first-order valence-corrected chi connectivity index (χ1v) is 14.9. The summed E-state index contributed by atoms with van der Waals surface area (Å²) in [6, 6.07) is 9.79. The first-order valence-electron chi connectivity index (χ1n) is 14.5. The third-order valence-corrected chi connectivity index (χ3v) is 8.31. The van der Waals surface area contributed by atoms with Crippen LogP contribution in [-0.2, 0) is 16.1 Å². The zero-order chi connectivity index (χ0) is 30.0. The molecule has 0 unspecified atom stereocenters. The van der Waals surface area contributed by atoms with Gasteiger partial charge in [0.1, 0.15) is 30.2 Å². The van der Waals surface area contributed by atoms with Gasteiger partial charge in [0.25, 0.3) is 5.91 Å². The van der Waals surface area contributed by atoms with Crippen molar-refractivity contribution in [2.24, 2.45) is 11.3 Å². The zero-order valence-corrected chi connectivity index (χ0v) is 25.0. The molecule has 3 aromatic rings. The van der Waals surface area contributed by atoms with Crippen LogP contribution in [0.2, 0.25) is 5.02 Å². The molecular weight excluding hydrogens is 565 g/mol. The average Bonchev–Trinajstić information content (AvgIpc) is 3.71. The van der Waals surface area contributed by atoms with E-state index in [1.54, 1.807) is 12.3 Å². The molecule has 1 amide bonds. The predicted octanol–water partition coefficient (Wildman–Crippen LogP) is 6.57. The maximum absolute atomic E-state index is 15.1. The number of carbonyl (C=O) groups is 1. The Morgan fingerprint density at radius 2 is 2.05 bits per heavy atom. The number of benzene rings is 2. The lowest BCUT2D eigenvalue weighted by atomic mass is 9.83. The molecular formula is C32H38ClF3N4O2. The van der Waals surface area contributed by atoms with Gasteiger partial charge in [0.15, 0.2) is 0 Å². The fourth-order valence-corrected chi connectivity index (χ4v) is 6.31. The number of hydrogen-bond donors (Lipinski definition) is 1. The SMILES string of the molecule is CC(C)(C)[C@H](c1nc(-c2cc(Cl)ccc2F)cn1Cc1cccc(F)c1)N(C[C@@H]1CN[C@H](CF)C1)C(=O)[C@@H]1CCCO1. The lowest BCUT2D eigenvalue weighted by molar-refractivity contribution is -0.147. The van der Waals surface area contributed by atoms with E-state index in [9.17, 15) is 13.6 Å². The van der Waals surface area contributed by atoms with Gasteiger partial charge in [0.05, 0.1) is 11.7 Å². The van der Waals surface area contributed by atoms with Gasteiger partial charge in [-0.2, -0.15) is 0 Å². The zero-order valence-electron chi connectivity index (χ0n) is 24.3. The molecule has 10 heteroatoms. The highest BCUT2D eigenvalue weighted by atomic mass is 35.5. The minimum absolute atomic E-state index is 0.0393. The summed E-state index contributed by atoms with van der Waals surface area (Å²) in [5.41, 5.74) is 0.772. The van der Waals surface area contributed by atoms with Gasteiger partial charge in [-0.3, -0.25) is 4.79 Å². The maximum Gasteiger partial charge on any atom is 0.252 e. The van der Waals surface area contributed by atoms with E-state index >= 15 is 4.39 Å². The smallest absolute Gasteiger partial charge is 0.252 e. The molecule has 0 radical (unpaired) electrons. The van der Waals surface area contributed by atoms with Crippen molar-refractivity contribution in [1.29, 1.82) is 0 Å². The topological polar surface area (TPSA) is 59.4 Å². The number of aromatic nitrogens is 2. The Hall–Kier alpha value is -2.88. The van der Waals surface area contributed by atoms with Crippen molar-refractivity contribution < 1.29 is 22.7 Å². The Morgan fingerprint density at radius 1 is 1.24 bits per heavy atom. The normalized spacial score (nSPS) is 21.5. The fourth-order valence-electron chi connectivity index (χ4n) is 6.14. The first kappa shape index (κ1) is 30.6. The molecule has 2 aliphatic rings. The van der Waals surface area contributed by atoms with E-state index in [2.05, 4.69) is 5.32 Å². The Bertz CT molecular complexity index is 1400. The highest BCUT2D eigenvalue weighted by molar-refractivity contribution is 6.30. The van der Waals surface area contributed by atoms with Crippen molar-refractivity contribution in [2.75, 3.05) is 26.4 Å². The molecule has 2 aliphatic heterocycles. The lowest BCUT2D eigenvalue weighted by Crippen LogP contribution is -2.48. The highest BCUT2D eigenvalue weighted by Crippen LogP contribution is 2.41. The van der Waals surface area contributed by atoms with Gasteiger partial charge in [0, 0.05) is 49.1 Å². The van der Waals surface area contributed by atoms with Crippen molar-refractivity contribution >= 4 is 17.5 Å². The molecule has 1 N–H and O–H groups in total. The van der Waals surface area contributed by atoms with E-state index in [-0.39, 0.29) is 35.8 Å². The van der Waals surface area contributed by atoms with Crippen LogP contribution < -0.4 is 5.32 Å². The van der Waals surface area contributed by atoms with Gasteiger partial charge >= 0.3 is 0 Å². The second-order valence-corrected chi connectivity index (χ2v) is 12.9. The molecule has 0 spiro atoms. The molecule has 3 heterocycles. The van der Waals surface area contributed by atoms with Crippen LogP contribution in [-0.4, -0.2) is 58.9 Å². The van der Waals surface area contributed by atoms with E-state index in [0.29, 0.717) is 54.6 Å². The van der Waals surface area contributed by atoms with Crippen molar-refractivity contribution in [3.05, 3.63) is 76.7 Å². The summed E-state index contributed by atoms with van der Waals surface area (Å²) >= 11 is 6.24. The maximum atomic E-state index is 15.1. The van der Waals surface area contributed by atoms with Crippen LogP contribution in [0.15, 0.2) is 48.7 Å². The number of imidazole rings is 1. The van der Waals surface area contributed by atoms with Gasteiger partial charge in [0.2, 0.25) is 0 Å². The minimum Gasteiger partial charge on any atom is -0.368 e. The number of hydrogen-bond acceptors (Lipinski definition) is 4. The van der Waals surface area contributed by atoms with E-state index in [1.807, 2.05) is 36.3 Å². The van der Waals surface area contributed by atoms with Crippen LogP contribution in [0.3, 0.4) is 0 Å². The molecule has 4 atom stereocenters. The highest BCUT2D eigenvalue weighted by Gasteiger charge is 2.43. The van der Waals surface area contributed by atoms with Crippen LogP contribution in [0, 0.1) is 23.0 Å². The molecule has 2 fully saturated rings. The molecule has 2 saturated heterocycles. The van der Waals surface area contributed by atoms with Gasteiger partial charge in [-0.15, -0.1) is 0 Å². The molecule has 226 valence electrons. The van der Waals surface area contributed by atoms with Crippen LogP contribution in [0.1, 0.15) is 57.5 Å². The molecule has 1 aromatic heterocycles. The number of amides is 1. The number of nitrogens with one attached hydrogen (secondary N) is 1. The summed E-state index contributed by atoms with van der Waals surface area (Å²) < 4.78 is 50.5. The van der Waals surface area contributed by atoms with Crippen molar-refractivity contribution in [3.63, 3.8) is 0 Å². The van der Waals surface area contributed by atoms with Gasteiger partial charge < -0.3 is 19.5 Å². The Kier molecular flexibility index (Phi) is 9.30. The van der Waals surface area contributed by atoms with E-state index in [1.165, 1.54) is 30.3 Å². The van der Waals surface area contributed by atoms with Crippen molar-refractivity contribution in [1.82, 2.24) is 19.8 Å². The van der Waals surface area contributed by atoms with Gasteiger partial charge in [-0.05, 0) is 66.5 Å². The van der Waals surface area contributed by atoms with E-state index in [0.717, 1.165) is 6.42 Å². The molecule has 42 heavy (non-hydrogen) atoms. The second-order valence-electron chi connectivity index (χ2n) is 12.5. The quantitative estimate of drug-likeness (QED) is 0.301. The second kappa shape index (κ2) is 12.8. The molecule has 5 rings (SSSR count). The Morgan fingerprint density at radius 3 is 2.71 bits per heavy atom. The summed E-state index contributed by atoms with van der Waals surface area (Å²) in [5, 5.41) is 3.59. The summed E-state index contributed by atoms with van der Waals surface area (Å²) in [4.78, 5) is 21.0. The van der Waals surface area contributed by atoms with Crippen LogP contribution in [0.4, 0.5) is 13.2 Å². The van der Waals surface area contributed by atoms with E-state index in [4.69, 9.17) is 21.3 Å². The molecule has 6 nitrogen and oxygen atoms in total. The number of alkyl halides is 1. The largest absolute Gasteiger partial charge is 0.368 e.